The van der Waals surface area contributed by atoms with Crippen molar-refractivity contribution in [1.29, 1.82) is 0 Å². The van der Waals surface area contributed by atoms with Crippen molar-refractivity contribution in [3.63, 3.8) is 0 Å². The van der Waals surface area contributed by atoms with Crippen LogP contribution in [0, 0.1) is 5.92 Å². The Labute approximate surface area is 321 Å². The predicted octanol–water partition coefficient (Wildman–Crippen LogP) is 5.70. The number of likely N-dealkylation sites (tertiary alicyclic amines) is 1. The molecule has 13 heteroatoms. The molecule has 2 N–H and O–H groups in total. The van der Waals surface area contributed by atoms with E-state index in [2.05, 4.69) is 23.8 Å². The van der Waals surface area contributed by atoms with E-state index in [0.717, 1.165) is 5.56 Å². The van der Waals surface area contributed by atoms with Crippen molar-refractivity contribution in [2.24, 2.45) is 5.92 Å². The number of amides is 3. The van der Waals surface area contributed by atoms with Crippen molar-refractivity contribution >= 4 is 40.6 Å². The average molecular weight is 755 g/mol. The number of hydrogen-bond acceptors (Lipinski definition) is 10. The Morgan fingerprint density at radius 1 is 1.04 bits per heavy atom. The number of aromatic nitrogens is 1. The molecular formula is C42H50N4O9. The highest BCUT2D eigenvalue weighted by Gasteiger charge is 2.62. The average Bonchev–Trinajstić information content (AvgIpc) is 3.72. The number of Topliss-reactive ketones (excluding diaryl/α,β-unsaturated/α-hetero) is 1. The van der Waals surface area contributed by atoms with Gasteiger partial charge in [-0.1, -0.05) is 42.5 Å². The van der Waals surface area contributed by atoms with Gasteiger partial charge in [-0.2, -0.15) is 0 Å². The van der Waals surface area contributed by atoms with Gasteiger partial charge in [-0.15, -0.1) is 13.2 Å². The predicted molar refractivity (Wildman–Crippen MR) is 206 cm³/mol. The Kier molecular flexibility index (Phi) is 12.6. The van der Waals surface area contributed by atoms with E-state index < -0.39 is 53.2 Å². The molecule has 1 saturated carbocycles. The molecule has 3 aromatic rings. The molecule has 2 aliphatic rings. The number of pyridine rings is 1. The lowest BCUT2D eigenvalue weighted by atomic mass is 10.0. The standard InChI is InChI=1S/C42H50N4O9/c1-8-10-16-28(47)17-20-32(44-40(51)55-41(3,4)5)38(49)46-25-30(22-35(46)37(48)45-42(39(50)53-7)24-27(42)9-2)54-36-23-33(26-14-12-11-13-15-26)43-34-21-29(52-6)18-19-31(34)36/h8-9,11-15,18-19,21,23,27,30,32,35H,1-2,10,16-17,20,22,24-25H2,3-7H3,(H,44,51)(H,45,48)/t27?,30?,32-,35-,42+/m0/s1. The summed E-state index contributed by atoms with van der Waals surface area (Å²) in [7, 11) is 2.81. The first kappa shape index (κ1) is 40.5. The SMILES string of the molecule is C=CCCC(=O)CC[C@H](NC(=O)OC(C)(C)C)C(=O)N1CC(Oc2cc(-c3ccccc3)nc3cc(OC)ccc23)C[C@H]1C(=O)N[C@]1(C(=O)OC)CC1C=C. The summed E-state index contributed by atoms with van der Waals surface area (Å²) in [6.07, 6.45) is 2.66. The van der Waals surface area contributed by atoms with Crippen molar-refractivity contribution in [3.05, 3.63) is 79.9 Å². The number of allylic oxidation sites excluding steroid dienone is 1. The second kappa shape index (κ2) is 17.2. The molecule has 1 aliphatic heterocycles. The van der Waals surface area contributed by atoms with Crippen LogP contribution in [-0.2, 0) is 28.7 Å². The molecule has 13 nitrogen and oxygen atoms in total. The van der Waals surface area contributed by atoms with Crippen LogP contribution in [0.15, 0.2) is 79.9 Å². The summed E-state index contributed by atoms with van der Waals surface area (Å²) >= 11 is 0. The van der Waals surface area contributed by atoms with Gasteiger partial charge >= 0.3 is 12.1 Å². The highest BCUT2D eigenvalue weighted by atomic mass is 16.6. The van der Waals surface area contributed by atoms with Crippen LogP contribution in [0.25, 0.3) is 22.2 Å². The zero-order chi connectivity index (χ0) is 39.9. The Hall–Kier alpha value is -5.72. The van der Waals surface area contributed by atoms with E-state index in [1.54, 1.807) is 52.2 Å². The highest BCUT2D eigenvalue weighted by molar-refractivity contribution is 5.97. The van der Waals surface area contributed by atoms with Gasteiger partial charge in [0.25, 0.3) is 0 Å². The van der Waals surface area contributed by atoms with E-state index >= 15 is 0 Å². The second-order valence-electron chi connectivity index (χ2n) is 14.8. The zero-order valence-electron chi connectivity index (χ0n) is 32.1. The van der Waals surface area contributed by atoms with Crippen LogP contribution in [0.4, 0.5) is 4.79 Å². The number of hydrogen-bond donors (Lipinski definition) is 2. The molecule has 1 aromatic heterocycles. The van der Waals surface area contributed by atoms with Gasteiger partial charge in [-0.05, 0) is 52.2 Å². The van der Waals surface area contributed by atoms with Crippen LogP contribution in [0.2, 0.25) is 0 Å². The molecule has 2 unspecified atom stereocenters. The minimum atomic E-state index is -1.32. The van der Waals surface area contributed by atoms with Gasteiger partial charge in [0.05, 0.1) is 32.0 Å². The van der Waals surface area contributed by atoms with Crippen molar-refractivity contribution in [3.8, 4) is 22.8 Å². The summed E-state index contributed by atoms with van der Waals surface area (Å²) in [4.78, 5) is 73.7. The van der Waals surface area contributed by atoms with Gasteiger partial charge < -0.3 is 34.5 Å². The summed E-state index contributed by atoms with van der Waals surface area (Å²) in [5.41, 5.74) is -0.0777. The molecule has 292 valence electrons. The van der Waals surface area contributed by atoms with Crippen LogP contribution in [0.3, 0.4) is 0 Å². The highest BCUT2D eigenvalue weighted by Crippen LogP contribution is 2.45. The monoisotopic (exact) mass is 754 g/mol. The molecule has 5 atom stereocenters. The van der Waals surface area contributed by atoms with Crippen LogP contribution >= 0.6 is 0 Å². The Bertz CT molecular complexity index is 1940. The number of nitrogens with zero attached hydrogens (tertiary/aromatic N) is 2. The summed E-state index contributed by atoms with van der Waals surface area (Å²) in [6.45, 7) is 12.5. The van der Waals surface area contributed by atoms with Gasteiger partial charge in [0.1, 0.15) is 46.6 Å². The third-order valence-electron chi connectivity index (χ3n) is 9.71. The van der Waals surface area contributed by atoms with Gasteiger partial charge in [-0.3, -0.25) is 14.4 Å². The second-order valence-corrected chi connectivity index (χ2v) is 14.8. The smallest absolute Gasteiger partial charge is 0.408 e. The van der Waals surface area contributed by atoms with E-state index in [4.69, 9.17) is 23.9 Å². The number of methoxy groups -OCH3 is 2. The summed E-state index contributed by atoms with van der Waals surface area (Å²) < 4.78 is 22.6. The number of ether oxygens (including phenoxy) is 4. The molecule has 0 radical (unpaired) electrons. The van der Waals surface area contributed by atoms with Crippen LogP contribution in [0.5, 0.6) is 11.5 Å². The van der Waals surface area contributed by atoms with Gasteiger partial charge in [-0.25, -0.2) is 14.6 Å². The fraction of sp³-hybridized carbons (Fsp3) is 0.429. The minimum Gasteiger partial charge on any atom is -0.497 e. The van der Waals surface area contributed by atoms with Crippen molar-refractivity contribution in [1.82, 2.24) is 20.5 Å². The van der Waals surface area contributed by atoms with Gasteiger partial charge in [0.2, 0.25) is 11.8 Å². The van der Waals surface area contributed by atoms with E-state index in [9.17, 15) is 24.0 Å². The van der Waals surface area contributed by atoms with E-state index in [-0.39, 0.29) is 43.9 Å². The number of carbonyl (C=O) groups excluding carboxylic acids is 5. The Balaban J connectivity index is 1.50. The molecule has 0 spiro atoms. The number of rotatable bonds is 16. The molecule has 2 aromatic carbocycles. The first-order valence-corrected chi connectivity index (χ1v) is 18.4. The van der Waals surface area contributed by atoms with Crippen LogP contribution in [-0.4, -0.2) is 89.6 Å². The maximum absolute atomic E-state index is 14.6. The first-order chi connectivity index (χ1) is 26.2. The van der Waals surface area contributed by atoms with Gasteiger partial charge in [0.15, 0.2) is 0 Å². The summed E-state index contributed by atoms with van der Waals surface area (Å²) in [6, 6.07) is 14.5. The number of ketones is 1. The van der Waals surface area contributed by atoms with Crippen LogP contribution in [0.1, 0.15) is 59.3 Å². The topological polar surface area (TPSA) is 162 Å². The molecule has 5 rings (SSSR count). The third-order valence-corrected chi connectivity index (χ3v) is 9.71. The van der Waals surface area contributed by atoms with E-state index in [1.807, 2.05) is 42.5 Å². The van der Waals surface area contributed by atoms with Crippen molar-refractivity contribution in [2.75, 3.05) is 20.8 Å². The summed E-state index contributed by atoms with van der Waals surface area (Å²) in [5.74, 6) is -1.21. The number of fused-ring (bicyclic) bond motifs is 1. The molecule has 2 heterocycles. The van der Waals surface area contributed by atoms with E-state index in [0.29, 0.717) is 40.9 Å². The normalized spacial score (nSPS) is 20.8. The molecule has 0 bridgehead atoms. The van der Waals surface area contributed by atoms with Crippen molar-refractivity contribution in [2.45, 2.75) is 88.6 Å². The number of alkyl carbamates (subject to hydrolysis) is 1. The molecule has 55 heavy (non-hydrogen) atoms. The van der Waals surface area contributed by atoms with Crippen molar-refractivity contribution < 1.29 is 42.9 Å². The number of esters is 1. The lowest BCUT2D eigenvalue weighted by Crippen LogP contribution is -2.56. The fourth-order valence-corrected chi connectivity index (χ4v) is 6.80. The molecule has 3 amide bonds. The van der Waals surface area contributed by atoms with Gasteiger partial charge in [0, 0.05) is 48.3 Å². The Morgan fingerprint density at radius 3 is 2.42 bits per heavy atom. The molecule has 1 aliphatic carbocycles. The lowest BCUT2D eigenvalue weighted by Gasteiger charge is -2.30. The Morgan fingerprint density at radius 2 is 1.78 bits per heavy atom. The lowest BCUT2D eigenvalue weighted by molar-refractivity contribution is -0.148. The largest absolute Gasteiger partial charge is 0.497 e. The zero-order valence-corrected chi connectivity index (χ0v) is 32.1. The number of benzene rings is 2. The maximum Gasteiger partial charge on any atom is 0.408 e. The minimum absolute atomic E-state index is 0.00806. The fourth-order valence-electron chi connectivity index (χ4n) is 6.80. The summed E-state index contributed by atoms with van der Waals surface area (Å²) in [5, 5.41) is 6.18. The molecule has 2 fully saturated rings. The van der Waals surface area contributed by atoms with Crippen LogP contribution < -0.4 is 20.1 Å². The quantitative estimate of drug-likeness (QED) is 0.137. The molecular weight excluding hydrogens is 704 g/mol. The molecule has 1 saturated heterocycles. The maximum atomic E-state index is 14.6. The number of carbonyl (C=O) groups is 5. The first-order valence-electron chi connectivity index (χ1n) is 18.4. The third kappa shape index (κ3) is 9.69. The number of nitrogens with one attached hydrogen (secondary N) is 2. The van der Waals surface area contributed by atoms with E-state index in [1.165, 1.54) is 12.0 Å².